The van der Waals surface area contributed by atoms with E-state index in [4.69, 9.17) is 4.74 Å². The third-order valence-electron chi connectivity index (χ3n) is 2.38. The summed E-state index contributed by atoms with van der Waals surface area (Å²) in [4.78, 5) is 11.7. The van der Waals surface area contributed by atoms with E-state index in [0.29, 0.717) is 10.2 Å². The second kappa shape index (κ2) is 6.85. The van der Waals surface area contributed by atoms with Gasteiger partial charge in [0.15, 0.2) is 18.2 Å². The van der Waals surface area contributed by atoms with E-state index >= 15 is 0 Å². The maximum absolute atomic E-state index is 13.5. The van der Waals surface area contributed by atoms with E-state index in [1.54, 1.807) is 18.2 Å². The zero-order chi connectivity index (χ0) is 14.5. The Morgan fingerprint density at radius 2 is 1.75 bits per heavy atom. The summed E-state index contributed by atoms with van der Waals surface area (Å²) >= 11 is 6.45. The first-order chi connectivity index (χ1) is 9.54. The zero-order valence-electron chi connectivity index (χ0n) is 10.2. The van der Waals surface area contributed by atoms with Crippen molar-refractivity contribution in [2.75, 3.05) is 11.9 Å². The second-order valence-electron chi connectivity index (χ2n) is 3.92. The Morgan fingerprint density at radius 1 is 1.10 bits per heavy atom. The van der Waals surface area contributed by atoms with Gasteiger partial charge in [-0.15, -0.1) is 0 Å². The van der Waals surface area contributed by atoms with Crippen LogP contribution in [0.5, 0.6) is 5.75 Å². The summed E-state index contributed by atoms with van der Waals surface area (Å²) in [6.07, 6.45) is 0. The van der Waals surface area contributed by atoms with Gasteiger partial charge in [-0.2, -0.15) is 0 Å². The Bertz CT molecular complexity index is 617. The number of ether oxygens (including phenoxy) is 1. The van der Waals surface area contributed by atoms with Crippen molar-refractivity contribution in [1.29, 1.82) is 0 Å². The van der Waals surface area contributed by atoms with Gasteiger partial charge in [0.05, 0.1) is 0 Å². The highest BCUT2D eigenvalue weighted by Crippen LogP contribution is 2.21. The summed E-state index contributed by atoms with van der Waals surface area (Å²) in [7, 11) is 0. The largest absolute Gasteiger partial charge is 0.481 e. The van der Waals surface area contributed by atoms with Crippen LogP contribution in [-0.4, -0.2) is 12.5 Å². The first-order valence-corrected chi connectivity index (χ1v) is 7.26. The number of nitrogens with one attached hydrogen (secondary N) is 1. The molecule has 1 amide bonds. The van der Waals surface area contributed by atoms with Crippen molar-refractivity contribution < 1.29 is 13.9 Å². The molecule has 0 spiro atoms. The molecule has 0 aromatic heterocycles. The van der Waals surface area contributed by atoms with E-state index in [1.165, 1.54) is 12.1 Å². The Kier molecular flexibility index (Phi) is 5.14. The zero-order valence-corrected chi connectivity index (χ0v) is 13.4. The Labute approximate surface area is 132 Å². The number of benzene rings is 2. The van der Waals surface area contributed by atoms with E-state index in [0.717, 1.165) is 4.47 Å². The molecule has 0 aliphatic rings. The number of hydrogen-bond donors (Lipinski definition) is 1. The van der Waals surface area contributed by atoms with Crippen LogP contribution < -0.4 is 10.1 Å². The van der Waals surface area contributed by atoms with Crippen LogP contribution in [0.4, 0.5) is 10.1 Å². The summed E-state index contributed by atoms with van der Waals surface area (Å²) in [6.45, 7) is -0.255. The van der Waals surface area contributed by atoms with Crippen molar-refractivity contribution in [1.82, 2.24) is 0 Å². The molecule has 104 valence electrons. The second-order valence-corrected chi connectivity index (χ2v) is 5.75. The lowest BCUT2D eigenvalue weighted by molar-refractivity contribution is -0.118. The fraction of sp³-hybridized carbons (Fsp3) is 0.0714. The Hall–Kier alpha value is -1.40. The van der Waals surface area contributed by atoms with Crippen molar-refractivity contribution in [3.05, 3.63) is 57.2 Å². The molecule has 0 fully saturated rings. The molecule has 2 rings (SSSR count). The molecule has 0 saturated heterocycles. The van der Waals surface area contributed by atoms with Gasteiger partial charge >= 0.3 is 0 Å². The third kappa shape index (κ3) is 4.31. The van der Waals surface area contributed by atoms with Crippen LogP contribution in [-0.2, 0) is 4.79 Å². The first-order valence-electron chi connectivity index (χ1n) is 5.68. The van der Waals surface area contributed by atoms with Crippen molar-refractivity contribution >= 4 is 43.5 Å². The van der Waals surface area contributed by atoms with Gasteiger partial charge in [0.2, 0.25) is 0 Å². The average molecular weight is 403 g/mol. The minimum atomic E-state index is -0.518. The Morgan fingerprint density at radius 3 is 2.40 bits per heavy atom. The average Bonchev–Trinajstić information content (AvgIpc) is 2.40. The fourth-order valence-corrected chi connectivity index (χ4v) is 2.06. The van der Waals surface area contributed by atoms with Crippen molar-refractivity contribution in [3.63, 3.8) is 0 Å². The summed E-state index contributed by atoms with van der Waals surface area (Å²) in [5.41, 5.74) is 0.651. The smallest absolute Gasteiger partial charge is 0.262 e. The van der Waals surface area contributed by atoms with Crippen molar-refractivity contribution in [2.24, 2.45) is 0 Å². The summed E-state index contributed by atoms with van der Waals surface area (Å²) < 4.78 is 20.1. The molecule has 6 heteroatoms. The van der Waals surface area contributed by atoms with Crippen LogP contribution in [0.25, 0.3) is 0 Å². The van der Waals surface area contributed by atoms with Gasteiger partial charge in [0, 0.05) is 14.6 Å². The summed E-state index contributed by atoms with van der Waals surface area (Å²) in [5, 5.41) is 2.65. The normalized spacial score (nSPS) is 10.2. The molecule has 0 bridgehead atoms. The molecule has 0 saturated carbocycles. The minimum Gasteiger partial charge on any atom is -0.481 e. The minimum absolute atomic E-state index is 0.0409. The molecular formula is C14H10Br2FNO2. The Balaban J connectivity index is 1.90. The van der Waals surface area contributed by atoms with Crippen LogP contribution in [0.1, 0.15) is 0 Å². The molecule has 0 heterocycles. The SMILES string of the molecule is O=C(COc1ccc(Br)cc1F)Nc1ccc(Br)cc1. The quantitative estimate of drug-likeness (QED) is 0.824. The summed E-state index contributed by atoms with van der Waals surface area (Å²) in [5.74, 6) is -0.829. The fourth-order valence-electron chi connectivity index (χ4n) is 1.47. The van der Waals surface area contributed by atoms with Crippen molar-refractivity contribution in [2.45, 2.75) is 0 Å². The van der Waals surface area contributed by atoms with Crippen LogP contribution >= 0.6 is 31.9 Å². The van der Waals surface area contributed by atoms with Crippen molar-refractivity contribution in [3.8, 4) is 5.75 Å². The topological polar surface area (TPSA) is 38.3 Å². The monoisotopic (exact) mass is 401 g/mol. The van der Waals surface area contributed by atoms with Gasteiger partial charge in [-0.1, -0.05) is 31.9 Å². The number of anilines is 1. The van der Waals surface area contributed by atoms with Crippen LogP contribution in [0.3, 0.4) is 0 Å². The number of hydrogen-bond acceptors (Lipinski definition) is 2. The highest BCUT2D eigenvalue weighted by atomic mass is 79.9. The van der Waals surface area contributed by atoms with E-state index < -0.39 is 5.82 Å². The van der Waals surface area contributed by atoms with E-state index in [-0.39, 0.29) is 18.3 Å². The number of amides is 1. The molecule has 0 aliphatic carbocycles. The molecule has 2 aromatic rings. The van der Waals surface area contributed by atoms with Gasteiger partial charge in [-0.3, -0.25) is 4.79 Å². The molecule has 0 unspecified atom stereocenters. The number of halogens is 3. The van der Waals surface area contributed by atoms with E-state index in [1.807, 2.05) is 12.1 Å². The predicted molar refractivity (Wildman–Crippen MR) is 82.4 cm³/mol. The molecular weight excluding hydrogens is 393 g/mol. The first kappa shape index (κ1) is 15.0. The van der Waals surface area contributed by atoms with Crippen LogP contribution in [0.15, 0.2) is 51.4 Å². The maximum atomic E-state index is 13.5. The lowest BCUT2D eigenvalue weighted by atomic mass is 10.3. The van der Waals surface area contributed by atoms with Gasteiger partial charge in [0.25, 0.3) is 5.91 Å². The molecule has 0 aliphatic heterocycles. The highest BCUT2D eigenvalue weighted by molar-refractivity contribution is 9.10. The third-order valence-corrected chi connectivity index (χ3v) is 3.40. The molecule has 3 nitrogen and oxygen atoms in total. The molecule has 1 N–H and O–H groups in total. The van der Waals surface area contributed by atoms with Crippen LogP contribution in [0.2, 0.25) is 0 Å². The lowest BCUT2D eigenvalue weighted by Crippen LogP contribution is -2.20. The number of rotatable bonds is 4. The standard InChI is InChI=1S/C14H10Br2FNO2/c15-9-1-4-11(5-2-9)18-14(19)8-20-13-6-3-10(16)7-12(13)17/h1-7H,8H2,(H,18,19). The van der Waals surface area contributed by atoms with E-state index in [2.05, 4.69) is 37.2 Å². The van der Waals surface area contributed by atoms with Gasteiger partial charge in [-0.05, 0) is 42.5 Å². The predicted octanol–water partition coefficient (Wildman–Crippen LogP) is 4.37. The molecule has 0 atom stereocenters. The van der Waals surface area contributed by atoms with Gasteiger partial charge in [-0.25, -0.2) is 4.39 Å². The van der Waals surface area contributed by atoms with Gasteiger partial charge in [0.1, 0.15) is 0 Å². The number of carbonyl (C=O) groups is 1. The number of carbonyl (C=O) groups excluding carboxylic acids is 1. The highest BCUT2D eigenvalue weighted by Gasteiger charge is 2.07. The van der Waals surface area contributed by atoms with Crippen LogP contribution in [0, 0.1) is 5.82 Å². The van der Waals surface area contributed by atoms with Gasteiger partial charge < -0.3 is 10.1 Å². The summed E-state index contributed by atoms with van der Waals surface area (Å²) in [6, 6.07) is 11.5. The lowest BCUT2D eigenvalue weighted by Gasteiger charge is -2.08. The maximum Gasteiger partial charge on any atom is 0.262 e. The van der Waals surface area contributed by atoms with E-state index in [9.17, 15) is 9.18 Å². The molecule has 2 aromatic carbocycles. The molecule has 20 heavy (non-hydrogen) atoms. The molecule has 0 radical (unpaired) electrons.